The van der Waals surface area contributed by atoms with Crippen LogP contribution in [0.15, 0.2) is 0 Å². The van der Waals surface area contributed by atoms with Crippen LogP contribution in [0.5, 0.6) is 0 Å². The molecule has 0 bridgehead atoms. The number of Topliss-reactive ketones (excluding diaryl/α,β-unsaturated/α-hetero) is 1. The fourth-order valence-corrected chi connectivity index (χ4v) is 3.37. The Morgan fingerprint density at radius 2 is 2.00 bits per heavy atom. The molecule has 0 spiro atoms. The second-order valence-electron chi connectivity index (χ2n) is 5.73. The Bertz CT molecular complexity index is 333. The first-order valence-corrected chi connectivity index (χ1v) is 7.38. The molecule has 1 saturated heterocycles. The van der Waals surface area contributed by atoms with Crippen LogP contribution in [0.3, 0.4) is 0 Å². The minimum Gasteiger partial charge on any atom is -0.371 e. The van der Waals surface area contributed by atoms with E-state index in [2.05, 4.69) is 9.64 Å². The molecule has 2 aliphatic rings. The van der Waals surface area contributed by atoms with Crippen LogP contribution in [0, 0.1) is 5.92 Å². The number of hydrogen-bond acceptors (Lipinski definition) is 3. The lowest BCUT2D eigenvalue weighted by atomic mass is 9.82. The highest BCUT2D eigenvalue weighted by Gasteiger charge is 2.36. The molecule has 2 fully saturated rings. The summed E-state index contributed by atoms with van der Waals surface area (Å²) in [5, 5.41) is 0. The molecule has 2 atom stereocenters. The topological polar surface area (TPSA) is 29.5 Å². The third kappa shape index (κ3) is 4.45. The maximum atomic E-state index is 12.0. The van der Waals surface area contributed by atoms with Crippen LogP contribution in [0.25, 0.3) is 0 Å². The lowest BCUT2D eigenvalue weighted by molar-refractivity contribution is -0.174. The summed E-state index contributed by atoms with van der Waals surface area (Å²) in [4.78, 5) is 14.1. The van der Waals surface area contributed by atoms with Crippen molar-refractivity contribution in [2.24, 2.45) is 5.92 Å². The largest absolute Gasteiger partial charge is 0.411 e. The number of ketones is 1. The molecule has 0 N–H and O–H groups in total. The van der Waals surface area contributed by atoms with E-state index in [-0.39, 0.29) is 18.6 Å². The summed E-state index contributed by atoms with van der Waals surface area (Å²) in [6, 6.07) is 0.220. The van der Waals surface area contributed by atoms with Crippen molar-refractivity contribution in [2.75, 3.05) is 26.3 Å². The Hall–Kier alpha value is -0.620. The van der Waals surface area contributed by atoms with Gasteiger partial charge >= 0.3 is 6.18 Å². The monoisotopic (exact) mass is 293 g/mol. The van der Waals surface area contributed by atoms with Crippen molar-refractivity contribution in [3.63, 3.8) is 0 Å². The molecule has 0 aromatic carbocycles. The second kappa shape index (κ2) is 6.89. The number of likely N-dealkylation sites (tertiary alicyclic amines) is 1. The first kappa shape index (κ1) is 15.8. The molecule has 2 rings (SSSR count). The van der Waals surface area contributed by atoms with Gasteiger partial charge < -0.3 is 4.74 Å². The molecule has 2 unspecified atom stereocenters. The van der Waals surface area contributed by atoms with Gasteiger partial charge in [-0.3, -0.25) is 9.69 Å². The Balaban J connectivity index is 1.77. The summed E-state index contributed by atoms with van der Waals surface area (Å²) in [5.41, 5.74) is 0. The van der Waals surface area contributed by atoms with E-state index >= 15 is 0 Å². The lowest BCUT2D eigenvalue weighted by Gasteiger charge is -2.33. The molecule has 1 heterocycles. The van der Waals surface area contributed by atoms with Crippen molar-refractivity contribution in [3.8, 4) is 0 Å². The van der Waals surface area contributed by atoms with Crippen LogP contribution in [0.2, 0.25) is 0 Å². The van der Waals surface area contributed by atoms with E-state index in [1.165, 1.54) is 0 Å². The third-order valence-electron chi connectivity index (χ3n) is 4.27. The van der Waals surface area contributed by atoms with Crippen LogP contribution < -0.4 is 0 Å². The van der Waals surface area contributed by atoms with E-state index in [1.807, 2.05) is 0 Å². The predicted molar refractivity (Wildman–Crippen MR) is 68.4 cm³/mol. The molecule has 1 aliphatic carbocycles. The van der Waals surface area contributed by atoms with Crippen LogP contribution in [0.4, 0.5) is 13.2 Å². The van der Waals surface area contributed by atoms with E-state index in [1.54, 1.807) is 0 Å². The molecule has 116 valence electrons. The zero-order chi connectivity index (χ0) is 14.6. The number of ether oxygens (including phenoxy) is 1. The molecule has 1 aliphatic heterocycles. The van der Waals surface area contributed by atoms with E-state index in [4.69, 9.17) is 0 Å². The Morgan fingerprint density at radius 3 is 2.70 bits per heavy atom. The predicted octanol–water partition coefficient (Wildman–Crippen LogP) is 2.79. The van der Waals surface area contributed by atoms with Gasteiger partial charge in [0.05, 0.1) is 6.61 Å². The van der Waals surface area contributed by atoms with Crippen molar-refractivity contribution in [1.82, 2.24) is 4.90 Å². The van der Waals surface area contributed by atoms with Crippen LogP contribution >= 0.6 is 0 Å². The van der Waals surface area contributed by atoms with Gasteiger partial charge in [0, 0.05) is 24.9 Å². The van der Waals surface area contributed by atoms with Crippen molar-refractivity contribution < 1.29 is 22.7 Å². The molecule has 3 nitrogen and oxygen atoms in total. The van der Waals surface area contributed by atoms with Crippen LogP contribution in [-0.2, 0) is 9.53 Å². The van der Waals surface area contributed by atoms with E-state index in [0.717, 1.165) is 38.6 Å². The quantitative estimate of drug-likeness (QED) is 0.730. The second-order valence-corrected chi connectivity index (χ2v) is 5.73. The number of carbonyl (C=O) groups is 1. The number of halogens is 3. The molecule has 1 saturated carbocycles. The summed E-state index contributed by atoms with van der Waals surface area (Å²) in [6.45, 7) is 0.249. The Labute approximate surface area is 117 Å². The first-order valence-electron chi connectivity index (χ1n) is 7.38. The van der Waals surface area contributed by atoms with Gasteiger partial charge in [-0.15, -0.1) is 0 Å². The molecular formula is C14H22F3NO2. The molecular weight excluding hydrogens is 271 g/mol. The molecule has 0 aromatic rings. The molecule has 6 heteroatoms. The summed E-state index contributed by atoms with van der Waals surface area (Å²) >= 11 is 0. The SMILES string of the molecule is O=C1CCCCC1C1CCCN1CCOCC(F)(F)F. The zero-order valence-electron chi connectivity index (χ0n) is 11.6. The smallest absolute Gasteiger partial charge is 0.371 e. The van der Waals surface area contributed by atoms with Crippen molar-refractivity contribution in [3.05, 3.63) is 0 Å². The normalized spacial score (nSPS) is 29.1. The minimum atomic E-state index is -4.26. The minimum absolute atomic E-state index is 0.0803. The number of carbonyl (C=O) groups excluding carboxylic acids is 1. The summed E-state index contributed by atoms with van der Waals surface area (Å²) < 4.78 is 40.6. The third-order valence-corrected chi connectivity index (χ3v) is 4.27. The summed E-state index contributed by atoms with van der Waals surface area (Å²) in [7, 11) is 0. The molecule has 20 heavy (non-hydrogen) atoms. The maximum absolute atomic E-state index is 12.0. The Morgan fingerprint density at radius 1 is 1.20 bits per heavy atom. The standard InChI is InChI=1S/C14H22F3NO2/c15-14(16,17)10-20-9-8-18-7-3-5-12(18)11-4-1-2-6-13(11)19/h11-12H,1-10H2. The maximum Gasteiger partial charge on any atom is 0.411 e. The van der Waals surface area contributed by atoms with Crippen LogP contribution in [-0.4, -0.2) is 49.2 Å². The average molecular weight is 293 g/mol. The number of rotatable bonds is 5. The van der Waals surface area contributed by atoms with E-state index in [0.29, 0.717) is 18.7 Å². The molecule has 0 amide bonds. The first-order chi connectivity index (χ1) is 9.47. The van der Waals surface area contributed by atoms with Gasteiger partial charge in [-0.1, -0.05) is 6.42 Å². The van der Waals surface area contributed by atoms with Gasteiger partial charge in [0.2, 0.25) is 0 Å². The van der Waals surface area contributed by atoms with Gasteiger partial charge in [-0.25, -0.2) is 0 Å². The van der Waals surface area contributed by atoms with Crippen LogP contribution in [0.1, 0.15) is 38.5 Å². The highest BCUT2D eigenvalue weighted by Crippen LogP contribution is 2.32. The zero-order valence-corrected chi connectivity index (χ0v) is 11.6. The van der Waals surface area contributed by atoms with Gasteiger partial charge in [0.25, 0.3) is 0 Å². The van der Waals surface area contributed by atoms with Gasteiger partial charge in [0.1, 0.15) is 12.4 Å². The van der Waals surface area contributed by atoms with Crippen molar-refractivity contribution >= 4 is 5.78 Å². The molecule has 0 radical (unpaired) electrons. The highest BCUT2D eigenvalue weighted by molar-refractivity contribution is 5.82. The lowest BCUT2D eigenvalue weighted by Crippen LogP contribution is -2.42. The van der Waals surface area contributed by atoms with Crippen molar-refractivity contribution in [1.29, 1.82) is 0 Å². The van der Waals surface area contributed by atoms with Gasteiger partial charge in [-0.05, 0) is 32.2 Å². The number of hydrogen-bond donors (Lipinski definition) is 0. The van der Waals surface area contributed by atoms with Gasteiger partial charge in [-0.2, -0.15) is 13.2 Å². The summed E-state index contributed by atoms with van der Waals surface area (Å²) in [6.07, 6.45) is 1.41. The fraction of sp³-hybridized carbons (Fsp3) is 0.929. The Kier molecular flexibility index (Phi) is 5.43. The van der Waals surface area contributed by atoms with E-state index in [9.17, 15) is 18.0 Å². The highest BCUT2D eigenvalue weighted by atomic mass is 19.4. The number of nitrogens with zero attached hydrogens (tertiary/aromatic N) is 1. The summed E-state index contributed by atoms with van der Waals surface area (Å²) in [5.74, 6) is 0.429. The average Bonchev–Trinajstić information content (AvgIpc) is 2.82. The fourth-order valence-electron chi connectivity index (χ4n) is 3.37. The van der Waals surface area contributed by atoms with Gasteiger partial charge in [0.15, 0.2) is 0 Å². The van der Waals surface area contributed by atoms with E-state index < -0.39 is 12.8 Å². The molecule has 0 aromatic heterocycles. The number of alkyl halides is 3. The van der Waals surface area contributed by atoms with Crippen molar-refractivity contribution in [2.45, 2.75) is 50.7 Å².